The summed E-state index contributed by atoms with van der Waals surface area (Å²) in [5, 5.41) is 0. The Kier molecular flexibility index (Phi) is 2.91. The third kappa shape index (κ3) is 2.33. The summed E-state index contributed by atoms with van der Waals surface area (Å²) < 4.78 is 0. The molecule has 0 aliphatic carbocycles. The smallest absolute Gasteiger partial charge is 0.267 e. The maximum Gasteiger partial charge on any atom is 0.267 e. The number of pyridine rings is 1. The molecular weight excluding hydrogens is 212 g/mol. The molecule has 1 heterocycles. The van der Waals surface area contributed by atoms with Crippen molar-refractivity contribution in [3.63, 3.8) is 0 Å². The van der Waals surface area contributed by atoms with Crippen LogP contribution in [0.1, 0.15) is 21.6 Å². The Hall–Kier alpha value is -2.16. The highest BCUT2D eigenvalue weighted by molar-refractivity contribution is 5.91. The van der Waals surface area contributed by atoms with Gasteiger partial charge >= 0.3 is 0 Å². The highest BCUT2D eigenvalue weighted by atomic mass is 16.1. The van der Waals surface area contributed by atoms with Crippen molar-refractivity contribution in [3.8, 4) is 11.1 Å². The fourth-order valence-electron chi connectivity index (χ4n) is 1.63. The zero-order valence-corrected chi connectivity index (χ0v) is 9.90. The summed E-state index contributed by atoms with van der Waals surface area (Å²) in [7, 11) is 0. The van der Waals surface area contributed by atoms with Crippen LogP contribution in [0.5, 0.6) is 0 Å². The quantitative estimate of drug-likeness (QED) is 0.855. The molecule has 0 spiro atoms. The molecule has 0 atom stereocenters. The monoisotopic (exact) mass is 226 g/mol. The highest BCUT2D eigenvalue weighted by Crippen LogP contribution is 2.21. The summed E-state index contributed by atoms with van der Waals surface area (Å²) in [6.07, 6.45) is 1.67. The van der Waals surface area contributed by atoms with E-state index in [4.69, 9.17) is 5.73 Å². The third-order valence-corrected chi connectivity index (χ3v) is 2.86. The molecule has 1 amide bonds. The Morgan fingerprint density at radius 2 is 1.76 bits per heavy atom. The number of hydrogen-bond donors (Lipinski definition) is 1. The molecule has 0 saturated heterocycles. The van der Waals surface area contributed by atoms with Crippen molar-refractivity contribution in [2.45, 2.75) is 13.8 Å². The van der Waals surface area contributed by atoms with E-state index in [1.807, 2.05) is 12.1 Å². The average Bonchev–Trinajstić information content (AvgIpc) is 2.33. The van der Waals surface area contributed by atoms with Crippen LogP contribution in [-0.4, -0.2) is 10.9 Å². The molecule has 3 heteroatoms. The maximum atomic E-state index is 10.9. The van der Waals surface area contributed by atoms with Crippen molar-refractivity contribution < 1.29 is 4.79 Å². The van der Waals surface area contributed by atoms with Crippen LogP contribution in [0.4, 0.5) is 0 Å². The molecule has 2 N–H and O–H groups in total. The average molecular weight is 226 g/mol. The van der Waals surface area contributed by atoms with Crippen LogP contribution in [0.3, 0.4) is 0 Å². The molecule has 0 bridgehead atoms. The summed E-state index contributed by atoms with van der Waals surface area (Å²) in [6, 6.07) is 9.73. The van der Waals surface area contributed by atoms with E-state index in [1.165, 1.54) is 11.1 Å². The van der Waals surface area contributed by atoms with E-state index in [9.17, 15) is 4.79 Å². The van der Waals surface area contributed by atoms with E-state index in [0.717, 1.165) is 11.1 Å². The Labute approximate surface area is 100 Å². The highest BCUT2D eigenvalue weighted by Gasteiger charge is 2.03. The number of primary amides is 1. The van der Waals surface area contributed by atoms with Crippen molar-refractivity contribution in [1.29, 1.82) is 0 Å². The molecule has 1 aromatic carbocycles. The van der Waals surface area contributed by atoms with Gasteiger partial charge in [-0.25, -0.2) is 0 Å². The van der Waals surface area contributed by atoms with Crippen molar-refractivity contribution in [2.75, 3.05) is 0 Å². The summed E-state index contributed by atoms with van der Waals surface area (Å²) in [5.41, 5.74) is 10.0. The SMILES string of the molecule is Cc1ccc(-c2ccc(C(N)=O)nc2)cc1C. The largest absolute Gasteiger partial charge is 0.364 e. The van der Waals surface area contributed by atoms with E-state index < -0.39 is 5.91 Å². The van der Waals surface area contributed by atoms with Gasteiger partial charge in [0.05, 0.1) is 0 Å². The van der Waals surface area contributed by atoms with E-state index >= 15 is 0 Å². The van der Waals surface area contributed by atoms with E-state index in [0.29, 0.717) is 0 Å². The lowest BCUT2D eigenvalue weighted by molar-refractivity contribution is 0.0995. The molecule has 0 saturated carbocycles. The minimum Gasteiger partial charge on any atom is -0.364 e. The summed E-state index contributed by atoms with van der Waals surface area (Å²) in [4.78, 5) is 14.9. The molecular formula is C14H14N2O. The standard InChI is InChI=1S/C14H14N2O/c1-9-3-4-11(7-10(9)2)12-5-6-13(14(15)17)16-8-12/h3-8H,1-2H3,(H2,15,17). The number of nitrogens with two attached hydrogens (primary N) is 1. The van der Waals surface area contributed by atoms with Crippen molar-refractivity contribution >= 4 is 5.91 Å². The van der Waals surface area contributed by atoms with Gasteiger partial charge in [-0.3, -0.25) is 9.78 Å². The fourth-order valence-corrected chi connectivity index (χ4v) is 1.63. The Balaban J connectivity index is 2.39. The number of aromatic nitrogens is 1. The van der Waals surface area contributed by atoms with Crippen LogP contribution in [-0.2, 0) is 0 Å². The number of rotatable bonds is 2. The third-order valence-electron chi connectivity index (χ3n) is 2.86. The molecule has 0 aliphatic rings. The predicted octanol–water partition coefficient (Wildman–Crippen LogP) is 2.46. The lowest BCUT2D eigenvalue weighted by Crippen LogP contribution is -2.12. The Morgan fingerprint density at radius 3 is 2.29 bits per heavy atom. The molecule has 17 heavy (non-hydrogen) atoms. The van der Waals surface area contributed by atoms with E-state index in [2.05, 4.69) is 31.0 Å². The molecule has 0 radical (unpaired) electrons. The van der Waals surface area contributed by atoms with Gasteiger partial charge in [0.15, 0.2) is 0 Å². The number of nitrogens with zero attached hydrogens (tertiary/aromatic N) is 1. The van der Waals surface area contributed by atoms with Crippen molar-refractivity contribution in [1.82, 2.24) is 4.98 Å². The molecule has 3 nitrogen and oxygen atoms in total. The van der Waals surface area contributed by atoms with Gasteiger partial charge in [-0.2, -0.15) is 0 Å². The maximum absolute atomic E-state index is 10.9. The number of hydrogen-bond acceptors (Lipinski definition) is 2. The van der Waals surface area contributed by atoms with Gasteiger partial charge in [-0.15, -0.1) is 0 Å². The second kappa shape index (κ2) is 4.37. The number of aryl methyl sites for hydroxylation is 2. The lowest BCUT2D eigenvalue weighted by Gasteiger charge is -2.05. The van der Waals surface area contributed by atoms with Crippen LogP contribution < -0.4 is 5.73 Å². The lowest BCUT2D eigenvalue weighted by atomic mass is 10.0. The zero-order valence-electron chi connectivity index (χ0n) is 9.90. The Morgan fingerprint density at radius 1 is 1.06 bits per heavy atom. The first-order valence-corrected chi connectivity index (χ1v) is 5.41. The fraction of sp³-hybridized carbons (Fsp3) is 0.143. The van der Waals surface area contributed by atoms with Gasteiger partial charge in [0.25, 0.3) is 5.91 Å². The molecule has 2 aromatic rings. The minimum absolute atomic E-state index is 0.289. The number of carbonyl (C=O) groups is 1. The first-order chi connectivity index (χ1) is 8.08. The second-order valence-corrected chi connectivity index (χ2v) is 4.10. The predicted molar refractivity (Wildman–Crippen MR) is 67.7 cm³/mol. The topological polar surface area (TPSA) is 56.0 Å². The molecule has 1 aromatic heterocycles. The van der Waals surface area contributed by atoms with Crippen molar-refractivity contribution in [2.24, 2.45) is 5.73 Å². The van der Waals surface area contributed by atoms with Crippen LogP contribution in [0.25, 0.3) is 11.1 Å². The van der Waals surface area contributed by atoms with Gasteiger partial charge in [-0.1, -0.05) is 24.3 Å². The van der Waals surface area contributed by atoms with Gasteiger partial charge in [-0.05, 0) is 36.6 Å². The van der Waals surface area contributed by atoms with Crippen LogP contribution >= 0.6 is 0 Å². The molecule has 0 aliphatic heterocycles. The van der Waals surface area contributed by atoms with E-state index in [-0.39, 0.29) is 5.69 Å². The second-order valence-electron chi connectivity index (χ2n) is 4.10. The zero-order chi connectivity index (χ0) is 12.4. The molecule has 0 unspecified atom stereocenters. The van der Waals surface area contributed by atoms with Gasteiger partial charge in [0.2, 0.25) is 0 Å². The summed E-state index contributed by atoms with van der Waals surface area (Å²) in [5.74, 6) is -0.503. The summed E-state index contributed by atoms with van der Waals surface area (Å²) in [6.45, 7) is 4.15. The summed E-state index contributed by atoms with van der Waals surface area (Å²) >= 11 is 0. The first kappa shape index (κ1) is 11.3. The number of carbonyl (C=O) groups excluding carboxylic acids is 1. The van der Waals surface area contributed by atoms with Crippen LogP contribution in [0, 0.1) is 13.8 Å². The van der Waals surface area contributed by atoms with Crippen LogP contribution in [0.15, 0.2) is 36.5 Å². The van der Waals surface area contributed by atoms with Gasteiger partial charge in [0.1, 0.15) is 5.69 Å². The normalized spacial score (nSPS) is 10.2. The van der Waals surface area contributed by atoms with Gasteiger partial charge < -0.3 is 5.73 Å². The van der Waals surface area contributed by atoms with Crippen LogP contribution in [0.2, 0.25) is 0 Å². The first-order valence-electron chi connectivity index (χ1n) is 5.41. The molecule has 2 rings (SSSR count). The number of amides is 1. The Bertz CT molecular complexity index is 559. The minimum atomic E-state index is -0.503. The van der Waals surface area contributed by atoms with E-state index in [1.54, 1.807) is 12.3 Å². The molecule has 86 valence electrons. The molecule has 0 fully saturated rings. The van der Waals surface area contributed by atoms with Crippen molar-refractivity contribution in [3.05, 3.63) is 53.3 Å². The number of benzene rings is 1. The van der Waals surface area contributed by atoms with Gasteiger partial charge in [0, 0.05) is 11.8 Å².